The predicted molar refractivity (Wildman–Crippen MR) is 58.9 cm³/mol. The third-order valence-electron chi connectivity index (χ3n) is 2.37. The van der Waals surface area contributed by atoms with Crippen molar-refractivity contribution in [2.75, 3.05) is 11.9 Å². The lowest BCUT2D eigenvalue weighted by molar-refractivity contribution is -0.124. The van der Waals surface area contributed by atoms with Crippen LogP contribution >= 0.6 is 11.3 Å². The third kappa shape index (κ3) is 2.23. The Kier molecular flexibility index (Phi) is 3.21. The fourth-order valence-electron chi connectivity index (χ4n) is 1.56. The zero-order chi connectivity index (χ0) is 11.5. The number of rotatable bonds is 3. The average molecular weight is 241 g/mol. The highest BCUT2D eigenvalue weighted by Crippen LogP contribution is 2.22. The number of carboxylic acid groups (broad SMARTS) is 1. The zero-order valence-corrected chi connectivity index (χ0v) is 9.25. The number of amides is 1. The van der Waals surface area contributed by atoms with E-state index in [0.717, 1.165) is 6.42 Å². The molecule has 1 aliphatic rings. The van der Waals surface area contributed by atoms with Crippen molar-refractivity contribution < 1.29 is 19.4 Å². The van der Waals surface area contributed by atoms with Crippen LogP contribution in [0.15, 0.2) is 10.8 Å². The molecular formula is C10H11NO4S. The molecule has 2 N–H and O–H groups in total. The molecule has 0 radical (unpaired) electrons. The number of anilines is 1. The van der Waals surface area contributed by atoms with Gasteiger partial charge in [0, 0.05) is 17.4 Å². The Morgan fingerprint density at radius 1 is 1.50 bits per heavy atom. The van der Waals surface area contributed by atoms with Crippen molar-refractivity contribution in [3.8, 4) is 0 Å². The molecule has 0 aromatic carbocycles. The lowest BCUT2D eigenvalue weighted by atomic mass is 10.2. The van der Waals surface area contributed by atoms with E-state index in [1.54, 1.807) is 5.38 Å². The molecule has 1 fully saturated rings. The van der Waals surface area contributed by atoms with Crippen molar-refractivity contribution >= 4 is 28.9 Å². The molecule has 6 heteroatoms. The first-order valence-electron chi connectivity index (χ1n) is 4.90. The Morgan fingerprint density at radius 3 is 2.94 bits per heavy atom. The highest BCUT2D eigenvalue weighted by Gasteiger charge is 2.24. The molecule has 0 saturated carbocycles. The van der Waals surface area contributed by atoms with Crippen LogP contribution in [-0.2, 0) is 9.53 Å². The summed E-state index contributed by atoms with van der Waals surface area (Å²) < 4.78 is 5.21. The standard InChI is InChI=1S/C10H11NO4S/c12-9(8-2-1-3-15-8)11-7-5-16-4-6(7)10(13)14/h4-5,8H,1-3H2,(H,11,12)(H,13,14). The van der Waals surface area contributed by atoms with E-state index >= 15 is 0 Å². The van der Waals surface area contributed by atoms with Gasteiger partial charge >= 0.3 is 5.97 Å². The topological polar surface area (TPSA) is 75.6 Å². The van der Waals surface area contributed by atoms with E-state index < -0.39 is 12.1 Å². The van der Waals surface area contributed by atoms with Gasteiger partial charge in [0.05, 0.1) is 11.3 Å². The van der Waals surface area contributed by atoms with Gasteiger partial charge in [-0.3, -0.25) is 4.79 Å². The Labute approximate surface area is 96.0 Å². The number of aromatic carboxylic acids is 1. The van der Waals surface area contributed by atoms with Crippen LogP contribution in [-0.4, -0.2) is 29.7 Å². The minimum absolute atomic E-state index is 0.122. The van der Waals surface area contributed by atoms with Crippen LogP contribution in [0.1, 0.15) is 23.2 Å². The van der Waals surface area contributed by atoms with Crippen LogP contribution in [0.2, 0.25) is 0 Å². The summed E-state index contributed by atoms with van der Waals surface area (Å²) in [5.41, 5.74) is 0.467. The van der Waals surface area contributed by atoms with Gasteiger partial charge in [-0.05, 0) is 12.8 Å². The molecule has 1 aromatic heterocycles. The van der Waals surface area contributed by atoms with Crippen LogP contribution in [0.3, 0.4) is 0 Å². The Bertz CT molecular complexity index is 409. The number of thiophene rings is 1. The summed E-state index contributed by atoms with van der Waals surface area (Å²) in [7, 11) is 0. The summed E-state index contributed by atoms with van der Waals surface area (Å²) in [6.45, 7) is 0.591. The summed E-state index contributed by atoms with van der Waals surface area (Å²) >= 11 is 1.24. The van der Waals surface area contributed by atoms with Crippen molar-refractivity contribution in [3.05, 3.63) is 16.3 Å². The zero-order valence-electron chi connectivity index (χ0n) is 8.43. The SMILES string of the molecule is O=C(O)c1cscc1NC(=O)C1CCCO1. The number of carbonyl (C=O) groups is 2. The summed E-state index contributed by atoms with van der Waals surface area (Å²) in [4.78, 5) is 22.5. The van der Waals surface area contributed by atoms with Crippen molar-refractivity contribution in [1.29, 1.82) is 0 Å². The van der Waals surface area contributed by atoms with Crippen LogP contribution in [0.5, 0.6) is 0 Å². The smallest absolute Gasteiger partial charge is 0.338 e. The Balaban J connectivity index is 2.05. The second-order valence-corrected chi connectivity index (χ2v) is 4.24. The summed E-state index contributed by atoms with van der Waals surface area (Å²) in [5, 5.41) is 14.5. The predicted octanol–water partition coefficient (Wildman–Crippen LogP) is 1.56. The van der Waals surface area contributed by atoms with E-state index in [0.29, 0.717) is 18.7 Å². The van der Waals surface area contributed by atoms with Crippen LogP contribution in [0.25, 0.3) is 0 Å². The van der Waals surface area contributed by atoms with E-state index in [1.807, 2.05) is 0 Å². The van der Waals surface area contributed by atoms with Crippen molar-refractivity contribution in [2.24, 2.45) is 0 Å². The van der Waals surface area contributed by atoms with Crippen LogP contribution in [0.4, 0.5) is 5.69 Å². The highest BCUT2D eigenvalue weighted by atomic mass is 32.1. The van der Waals surface area contributed by atoms with E-state index in [4.69, 9.17) is 9.84 Å². The number of ether oxygens (including phenoxy) is 1. The maximum atomic E-state index is 11.7. The van der Waals surface area contributed by atoms with E-state index in [1.165, 1.54) is 16.7 Å². The van der Waals surface area contributed by atoms with E-state index in [2.05, 4.69) is 5.32 Å². The fourth-order valence-corrected chi connectivity index (χ4v) is 2.31. The van der Waals surface area contributed by atoms with Crippen LogP contribution < -0.4 is 5.32 Å². The molecule has 0 bridgehead atoms. The van der Waals surface area contributed by atoms with Gasteiger partial charge in [0.2, 0.25) is 0 Å². The molecule has 86 valence electrons. The van der Waals surface area contributed by atoms with Crippen molar-refractivity contribution in [1.82, 2.24) is 0 Å². The normalized spacial score (nSPS) is 19.6. The first kappa shape index (κ1) is 11.1. The Hall–Kier alpha value is -1.40. The number of carbonyl (C=O) groups excluding carboxylic acids is 1. The number of carboxylic acids is 1. The average Bonchev–Trinajstić information content (AvgIpc) is 2.86. The lowest BCUT2D eigenvalue weighted by Crippen LogP contribution is -2.27. The molecule has 2 rings (SSSR count). The largest absolute Gasteiger partial charge is 0.478 e. The van der Waals surface area contributed by atoms with Gasteiger partial charge in [-0.2, -0.15) is 0 Å². The molecule has 1 atom stereocenters. The molecule has 5 nitrogen and oxygen atoms in total. The molecule has 1 amide bonds. The third-order valence-corrected chi connectivity index (χ3v) is 3.12. The van der Waals surface area contributed by atoms with Gasteiger partial charge < -0.3 is 15.2 Å². The Morgan fingerprint density at radius 2 is 2.31 bits per heavy atom. The number of nitrogens with one attached hydrogen (secondary N) is 1. The molecule has 0 spiro atoms. The van der Waals surface area contributed by atoms with Gasteiger partial charge in [-0.1, -0.05) is 0 Å². The fraction of sp³-hybridized carbons (Fsp3) is 0.400. The van der Waals surface area contributed by atoms with Gasteiger partial charge in [0.15, 0.2) is 0 Å². The summed E-state index contributed by atoms with van der Waals surface area (Å²) in [6, 6.07) is 0. The first-order chi connectivity index (χ1) is 7.68. The van der Waals surface area contributed by atoms with Gasteiger partial charge in [-0.15, -0.1) is 11.3 Å². The minimum atomic E-state index is -1.04. The molecule has 1 saturated heterocycles. The summed E-state index contributed by atoms with van der Waals surface area (Å²) in [5.74, 6) is -1.30. The van der Waals surface area contributed by atoms with Crippen molar-refractivity contribution in [3.63, 3.8) is 0 Å². The second kappa shape index (κ2) is 4.63. The maximum Gasteiger partial charge on any atom is 0.338 e. The van der Waals surface area contributed by atoms with Crippen molar-refractivity contribution in [2.45, 2.75) is 18.9 Å². The monoisotopic (exact) mass is 241 g/mol. The minimum Gasteiger partial charge on any atom is -0.478 e. The van der Waals surface area contributed by atoms with E-state index in [-0.39, 0.29) is 11.5 Å². The van der Waals surface area contributed by atoms with Gasteiger partial charge in [0.25, 0.3) is 5.91 Å². The van der Waals surface area contributed by atoms with Crippen LogP contribution in [0, 0.1) is 0 Å². The number of hydrogen-bond acceptors (Lipinski definition) is 4. The van der Waals surface area contributed by atoms with Gasteiger partial charge in [-0.25, -0.2) is 4.79 Å². The lowest BCUT2D eigenvalue weighted by Gasteiger charge is -2.09. The maximum absolute atomic E-state index is 11.7. The molecule has 0 aliphatic carbocycles. The quantitative estimate of drug-likeness (QED) is 0.842. The second-order valence-electron chi connectivity index (χ2n) is 3.50. The van der Waals surface area contributed by atoms with Gasteiger partial charge in [0.1, 0.15) is 6.10 Å². The highest BCUT2D eigenvalue weighted by molar-refractivity contribution is 7.08. The molecule has 1 aromatic rings. The number of hydrogen-bond donors (Lipinski definition) is 2. The van der Waals surface area contributed by atoms with E-state index in [9.17, 15) is 9.59 Å². The molecular weight excluding hydrogens is 230 g/mol. The molecule has 1 unspecified atom stereocenters. The molecule has 1 aliphatic heterocycles. The molecule has 16 heavy (non-hydrogen) atoms. The molecule has 2 heterocycles. The first-order valence-corrected chi connectivity index (χ1v) is 5.84. The summed E-state index contributed by atoms with van der Waals surface area (Å²) in [6.07, 6.45) is 1.12.